The molecular weight excluding hydrogens is 190 g/mol. The lowest BCUT2D eigenvalue weighted by atomic mass is 10.2. The summed E-state index contributed by atoms with van der Waals surface area (Å²) >= 11 is 0. The van der Waals surface area contributed by atoms with Crippen molar-refractivity contribution in [3.05, 3.63) is 42.0 Å². The lowest BCUT2D eigenvalue weighted by molar-refractivity contribution is -0.0808. The molecule has 3 heteroatoms. The van der Waals surface area contributed by atoms with Crippen LogP contribution in [0.15, 0.2) is 36.4 Å². The average Bonchev–Trinajstić information content (AvgIpc) is 2.26. The van der Waals surface area contributed by atoms with Gasteiger partial charge in [0.2, 0.25) is 0 Å². The molecule has 0 aliphatic heterocycles. The van der Waals surface area contributed by atoms with Crippen LogP contribution in [0.2, 0.25) is 0 Å². The second-order valence-corrected chi connectivity index (χ2v) is 3.46. The van der Waals surface area contributed by atoms with Gasteiger partial charge < -0.3 is 15.2 Å². The van der Waals surface area contributed by atoms with Gasteiger partial charge in [0, 0.05) is 12.7 Å². The van der Waals surface area contributed by atoms with Crippen LogP contribution in [-0.4, -0.2) is 18.4 Å². The third-order valence-corrected chi connectivity index (χ3v) is 2.07. The minimum Gasteiger partial charge on any atom is -0.388 e. The smallest absolute Gasteiger partial charge is 0.176 e. The van der Waals surface area contributed by atoms with Gasteiger partial charge in [-0.2, -0.15) is 0 Å². The summed E-state index contributed by atoms with van der Waals surface area (Å²) in [5.41, 5.74) is 2.69. The molecule has 15 heavy (non-hydrogen) atoms. The van der Waals surface area contributed by atoms with Gasteiger partial charge in [-0.25, -0.2) is 0 Å². The van der Waals surface area contributed by atoms with Crippen molar-refractivity contribution in [2.75, 3.05) is 12.4 Å². The molecule has 1 aromatic rings. The zero-order valence-corrected chi connectivity index (χ0v) is 9.16. The molecule has 3 nitrogen and oxygen atoms in total. The minimum atomic E-state index is -0.881. The Kier molecular flexibility index (Phi) is 4.34. The predicted molar refractivity (Wildman–Crippen MR) is 61.6 cm³/mol. The van der Waals surface area contributed by atoms with Crippen molar-refractivity contribution in [2.24, 2.45) is 0 Å². The van der Waals surface area contributed by atoms with Crippen molar-refractivity contribution in [1.82, 2.24) is 0 Å². The van der Waals surface area contributed by atoms with Crippen LogP contribution < -0.4 is 5.32 Å². The number of hydrogen-bond acceptors (Lipinski definition) is 3. The van der Waals surface area contributed by atoms with Crippen LogP contribution in [0.4, 0.5) is 5.69 Å². The largest absolute Gasteiger partial charge is 0.388 e. The highest BCUT2D eigenvalue weighted by molar-refractivity contribution is 5.43. The molecule has 0 saturated heterocycles. The van der Waals surface area contributed by atoms with Crippen molar-refractivity contribution >= 4 is 5.69 Å². The van der Waals surface area contributed by atoms with E-state index in [-0.39, 0.29) is 0 Å². The van der Waals surface area contributed by atoms with Gasteiger partial charge in [0.25, 0.3) is 0 Å². The highest BCUT2D eigenvalue weighted by Gasteiger charge is 2.04. The first-order valence-electron chi connectivity index (χ1n) is 4.85. The molecule has 0 heterocycles. The number of nitrogens with one attached hydrogen (secondary N) is 1. The maximum Gasteiger partial charge on any atom is 0.176 e. The number of rotatable bonds is 5. The summed E-state index contributed by atoms with van der Waals surface area (Å²) in [7, 11) is 1.87. The monoisotopic (exact) mass is 207 g/mol. The topological polar surface area (TPSA) is 41.5 Å². The second kappa shape index (κ2) is 5.53. The Morgan fingerprint density at radius 1 is 1.47 bits per heavy atom. The Labute approximate surface area is 90.4 Å². The van der Waals surface area contributed by atoms with Gasteiger partial charge in [0.1, 0.15) is 0 Å². The molecule has 0 saturated carbocycles. The molecule has 1 rings (SSSR count). The molecule has 1 unspecified atom stereocenters. The summed E-state index contributed by atoms with van der Waals surface area (Å²) in [4.78, 5) is 0. The minimum absolute atomic E-state index is 0.387. The van der Waals surface area contributed by atoms with Crippen molar-refractivity contribution in [3.63, 3.8) is 0 Å². The fraction of sp³-hybridized carbons (Fsp3) is 0.333. The molecule has 0 radical (unpaired) electrons. The molecule has 0 amide bonds. The molecule has 0 aliphatic rings. The molecule has 1 aromatic carbocycles. The zero-order valence-electron chi connectivity index (χ0n) is 9.16. The van der Waals surface area contributed by atoms with Gasteiger partial charge in [-0.05, 0) is 30.2 Å². The Morgan fingerprint density at radius 2 is 2.07 bits per heavy atom. The zero-order chi connectivity index (χ0) is 11.3. The van der Waals surface area contributed by atoms with Gasteiger partial charge in [-0.1, -0.05) is 18.7 Å². The molecule has 2 N–H and O–H groups in total. The molecule has 0 aromatic heterocycles. The van der Waals surface area contributed by atoms with Crippen LogP contribution in [-0.2, 0) is 11.3 Å². The van der Waals surface area contributed by atoms with Gasteiger partial charge >= 0.3 is 0 Å². The van der Waals surface area contributed by atoms with E-state index in [1.165, 1.54) is 0 Å². The standard InChI is InChI=1S/C12H17NO2/c1-9(2)12(14)15-8-10-4-6-11(13-3)7-5-10/h4-7,12-14H,1,8H2,2-3H3. The highest BCUT2D eigenvalue weighted by Crippen LogP contribution is 2.11. The molecule has 0 bridgehead atoms. The molecule has 0 aliphatic carbocycles. The summed E-state index contributed by atoms with van der Waals surface area (Å²) in [6.45, 7) is 5.73. The number of aliphatic hydroxyl groups is 1. The first kappa shape index (κ1) is 11.8. The van der Waals surface area contributed by atoms with Gasteiger partial charge in [-0.3, -0.25) is 0 Å². The Hall–Kier alpha value is -1.32. The van der Waals surface area contributed by atoms with Crippen LogP contribution in [0.3, 0.4) is 0 Å². The van der Waals surface area contributed by atoms with Gasteiger partial charge in [-0.15, -0.1) is 0 Å². The van der Waals surface area contributed by atoms with E-state index in [9.17, 15) is 5.11 Å². The van der Waals surface area contributed by atoms with Gasteiger partial charge in [0.05, 0.1) is 6.61 Å². The van der Waals surface area contributed by atoms with Crippen LogP contribution in [0.25, 0.3) is 0 Å². The quantitative estimate of drug-likeness (QED) is 0.574. The van der Waals surface area contributed by atoms with E-state index in [4.69, 9.17) is 4.74 Å². The number of aliphatic hydroxyl groups excluding tert-OH is 1. The van der Waals surface area contributed by atoms with E-state index in [0.29, 0.717) is 12.2 Å². The molecule has 82 valence electrons. The van der Waals surface area contributed by atoms with Crippen molar-refractivity contribution in [2.45, 2.75) is 19.8 Å². The molecule has 0 spiro atoms. The molecule has 1 atom stereocenters. The average molecular weight is 207 g/mol. The van der Waals surface area contributed by atoms with E-state index in [1.807, 2.05) is 31.3 Å². The maximum absolute atomic E-state index is 9.35. The third-order valence-electron chi connectivity index (χ3n) is 2.07. The van der Waals surface area contributed by atoms with E-state index in [0.717, 1.165) is 11.3 Å². The lowest BCUT2D eigenvalue weighted by Crippen LogP contribution is -2.12. The highest BCUT2D eigenvalue weighted by atomic mass is 16.6. The van der Waals surface area contributed by atoms with Crippen molar-refractivity contribution in [1.29, 1.82) is 0 Å². The summed E-state index contributed by atoms with van der Waals surface area (Å²) in [5.74, 6) is 0. The number of hydrogen-bond donors (Lipinski definition) is 2. The second-order valence-electron chi connectivity index (χ2n) is 3.46. The molecule has 0 fully saturated rings. The fourth-order valence-electron chi connectivity index (χ4n) is 1.09. The lowest BCUT2D eigenvalue weighted by Gasteiger charge is -2.11. The summed E-state index contributed by atoms with van der Waals surface area (Å²) in [5, 5.41) is 12.4. The Bertz CT molecular complexity index is 319. The van der Waals surface area contributed by atoms with E-state index >= 15 is 0 Å². The number of anilines is 1. The first-order chi connectivity index (χ1) is 7.13. The summed E-state index contributed by atoms with van der Waals surface area (Å²) < 4.78 is 5.20. The number of ether oxygens (including phenoxy) is 1. The summed E-state index contributed by atoms with van der Waals surface area (Å²) in [6, 6.07) is 7.84. The van der Waals surface area contributed by atoms with Gasteiger partial charge in [0.15, 0.2) is 6.29 Å². The normalized spacial score (nSPS) is 12.2. The maximum atomic E-state index is 9.35. The van der Waals surface area contributed by atoms with E-state index in [1.54, 1.807) is 6.92 Å². The fourth-order valence-corrected chi connectivity index (χ4v) is 1.09. The molecular formula is C12H17NO2. The predicted octanol–water partition coefficient (Wildman–Crippen LogP) is 2.14. The first-order valence-corrected chi connectivity index (χ1v) is 4.85. The van der Waals surface area contributed by atoms with E-state index < -0.39 is 6.29 Å². The third kappa shape index (κ3) is 3.73. The van der Waals surface area contributed by atoms with Crippen LogP contribution >= 0.6 is 0 Å². The van der Waals surface area contributed by atoms with Crippen LogP contribution in [0.1, 0.15) is 12.5 Å². The number of benzene rings is 1. The Morgan fingerprint density at radius 3 is 2.53 bits per heavy atom. The van der Waals surface area contributed by atoms with Crippen LogP contribution in [0.5, 0.6) is 0 Å². The Balaban J connectivity index is 2.47. The summed E-state index contributed by atoms with van der Waals surface area (Å²) in [6.07, 6.45) is -0.881. The van der Waals surface area contributed by atoms with Crippen LogP contribution in [0, 0.1) is 0 Å². The SMILES string of the molecule is C=C(C)C(O)OCc1ccc(NC)cc1. The van der Waals surface area contributed by atoms with Crippen molar-refractivity contribution in [3.8, 4) is 0 Å². The van der Waals surface area contributed by atoms with Crippen molar-refractivity contribution < 1.29 is 9.84 Å². The van der Waals surface area contributed by atoms with E-state index in [2.05, 4.69) is 11.9 Å².